The van der Waals surface area contributed by atoms with Crippen LogP contribution in [0.25, 0.3) is 11.3 Å². The molecule has 140 valence electrons. The molecule has 0 aliphatic heterocycles. The molecule has 2 aromatic rings. The molecular weight excluding hydrogens is 336 g/mol. The van der Waals surface area contributed by atoms with E-state index in [0.717, 1.165) is 41.9 Å². The number of aldehydes is 1. The lowest BCUT2D eigenvalue weighted by atomic mass is 9.49. The maximum absolute atomic E-state index is 12.9. The van der Waals surface area contributed by atoms with Gasteiger partial charge in [-0.25, -0.2) is 9.97 Å². The van der Waals surface area contributed by atoms with Crippen LogP contribution in [0.4, 0.5) is 0 Å². The first kappa shape index (κ1) is 18.0. The van der Waals surface area contributed by atoms with Gasteiger partial charge < -0.3 is 4.79 Å². The van der Waals surface area contributed by atoms with E-state index in [1.165, 1.54) is 5.56 Å². The second kappa shape index (κ2) is 6.08. The summed E-state index contributed by atoms with van der Waals surface area (Å²) in [7, 11) is 0. The van der Waals surface area contributed by atoms with Gasteiger partial charge >= 0.3 is 0 Å². The van der Waals surface area contributed by atoms with Crippen LogP contribution in [0.15, 0.2) is 30.3 Å². The summed E-state index contributed by atoms with van der Waals surface area (Å²) in [6, 6.07) is 10.2. The normalized spacial score (nSPS) is 29.0. The third-order valence-electron chi connectivity index (χ3n) is 6.81. The van der Waals surface area contributed by atoms with E-state index in [-0.39, 0.29) is 17.1 Å². The minimum Gasteiger partial charge on any atom is -0.303 e. The lowest BCUT2D eigenvalue weighted by molar-refractivity contribution is -0.145. The molecule has 0 N–H and O–H groups in total. The molecule has 1 fully saturated rings. The Kier molecular flexibility index (Phi) is 4.06. The fraction of sp³-hybridized carbons (Fsp3) is 0.478. The third kappa shape index (κ3) is 2.57. The molecule has 1 aromatic heterocycles. The minimum atomic E-state index is -0.553. The number of hydrogen-bond donors (Lipinski definition) is 0. The van der Waals surface area contributed by atoms with Gasteiger partial charge in [0.25, 0.3) is 0 Å². The zero-order valence-electron chi connectivity index (χ0n) is 16.5. The number of aromatic nitrogens is 2. The van der Waals surface area contributed by atoms with Crippen LogP contribution < -0.4 is 0 Å². The summed E-state index contributed by atoms with van der Waals surface area (Å²) in [5.74, 6) is 0.450. The summed E-state index contributed by atoms with van der Waals surface area (Å²) in [5, 5.41) is 0. The smallest absolute Gasteiger partial charge is 0.148 e. The average Bonchev–Trinajstić information content (AvgIpc) is 2.65. The number of carbonyl (C=O) groups excluding carboxylic acids is 2. The number of aryl methyl sites for hydroxylation is 1. The van der Waals surface area contributed by atoms with Crippen LogP contribution in [0.5, 0.6) is 0 Å². The van der Waals surface area contributed by atoms with Crippen molar-refractivity contribution in [1.82, 2.24) is 9.97 Å². The Morgan fingerprint density at radius 3 is 2.48 bits per heavy atom. The van der Waals surface area contributed by atoms with E-state index in [4.69, 9.17) is 9.97 Å². The number of rotatable bonds is 2. The Labute approximate surface area is 160 Å². The van der Waals surface area contributed by atoms with Crippen LogP contribution in [-0.2, 0) is 21.4 Å². The van der Waals surface area contributed by atoms with Crippen molar-refractivity contribution < 1.29 is 9.59 Å². The van der Waals surface area contributed by atoms with Gasteiger partial charge in [-0.15, -0.1) is 0 Å². The van der Waals surface area contributed by atoms with E-state index < -0.39 is 11.3 Å². The van der Waals surface area contributed by atoms with Gasteiger partial charge in [0, 0.05) is 22.0 Å². The molecule has 0 amide bonds. The largest absolute Gasteiger partial charge is 0.303 e. The summed E-state index contributed by atoms with van der Waals surface area (Å²) in [6.45, 7) is 8.13. The first-order valence-electron chi connectivity index (χ1n) is 9.72. The minimum absolute atomic E-state index is 0.0810. The van der Waals surface area contributed by atoms with Crippen molar-refractivity contribution in [3.8, 4) is 11.3 Å². The van der Waals surface area contributed by atoms with E-state index in [1.54, 1.807) is 0 Å². The van der Waals surface area contributed by atoms with Gasteiger partial charge in [0.05, 0.1) is 17.3 Å². The second-order valence-corrected chi connectivity index (χ2v) is 8.85. The summed E-state index contributed by atoms with van der Waals surface area (Å²) in [5.41, 5.74) is 3.49. The van der Waals surface area contributed by atoms with Crippen molar-refractivity contribution in [3.63, 3.8) is 0 Å². The number of ketones is 1. The predicted octanol–water partition coefficient (Wildman–Crippen LogP) is 4.09. The monoisotopic (exact) mass is 362 g/mol. The highest BCUT2D eigenvalue weighted by atomic mass is 16.1. The molecule has 27 heavy (non-hydrogen) atoms. The zero-order valence-corrected chi connectivity index (χ0v) is 16.5. The zero-order chi connectivity index (χ0) is 19.4. The molecule has 2 aliphatic rings. The van der Waals surface area contributed by atoms with Crippen LogP contribution in [0.1, 0.15) is 50.7 Å². The summed E-state index contributed by atoms with van der Waals surface area (Å²) in [6.07, 6.45) is 3.16. The summed E-state index contributed by atoms with van der Waals surface area (Å²) in [4.78, 5) is 34.2. The molecule has 0 bridgehead atoms. The number of nitrogens with zero attached hydrogens (tertiary/aromatic N) is 2. The van der Waals surface area contributed by atoms with Gasteiger partial charge in [0.2, 0.25) is 0 Å². The molecule has 2 aliphatic carbocycles. The molecule has 4 rings (SSSR count). The number of fused-ring (bicyclic) bond motifs is 3. The van der Waals surface area contributed by atoms with Crippen LogP contribution in [-0.4, -0.2) is 22.0 Å². The van der Waals surface area contributed by atoms with Crippen LogP contribution in [0.3, 0.4) is 0 Å². The molecular formula is C23H26N2O2. The van der Waals surface area contributed by atoms with Crippen molar-refractivity contribution in [2.75, 3.05) is 0 Å². The van der Waals surface area contributed by atoms with E-state index in [9.17, 15) is 9.59 Å². The number of hydrogen-bond acceptors (Lipinski definition) is 4. The quantitative estimate of drug-likeness (QED) is 0.596. The number of Topliss-reactive ketones (excluding diaryl/α,β-unsaturated/α-hetero) is 1. The predicted molar refractivity (Wildman–Crippen MR) is 104 cm³/mol. The first-order chi connectivity index (χ1) is 12.8. The van der Waals surface area contributed by atoms with Gasteiger partial charge in [-0.3, -0.25) is 4.79 Å². The fourth-order valence-electron chi connectivity index (χ4n) is 5.62. The van der Waals surface area contributed by atoms with Crippen molar-refractivity contribution in [2.24, 2.45) is 17.3 Å². The lowest BCUT2D eigenvalue weighted by Crippen LogP contribution is -2.56. The Balaban J connectivity index is 1.93. The Morgan fingerprint density at radius 1 is 1.11 bits per heavy atom. The van der Waals surface area contributed by atoms with Crippen molar-refractivity contribution in [1.29, 1.82) is 0 Å². The lowest BCUT2D eigenvalue weighted by Gasteiger charge is -2.54. The van der Waals surface area contributed by atoms with Gasteiger partial charge in [-0.1, -0.05) is 51.1 Å². The van der Waals surface area contributed by atoms with Crippen LogP contribution in [0.2, 0.25) is 0 Å². The summed E-state index contributed by atoms with van der Waals surface area (Å²) < 4.78 is 0. The van der Waals surface area contributed by atoms with Gasteiger partial charge in [-0.2, -0.15) is 0 Å². The molecule has 0 saturated heterocycles. The van der Waals surface area contributed by atoms with Crippen LogP contribution >= 0.6 is 0 Å². The van der Waals surface area contributed by atoms with Crippen LogP contribution in [0, 0.1) is 24.2 Å². The highest BCUT2D eigenvalue weighted by molar-refractivity contribution is 5.98. The first-order valence-corrected chi connectivity index (χ1v) is 9.72. The van der Waals surface area contributed by atoms with E-state index in [0.29, 0.717) is 6.42 Å². The molecule has 3 atom stereocenters. The topological polar surface area (TPSA) is 59.9 Å². The maximum atomic E-state index is 12.9. The highest BCUT2D eigenvalue weighted by Gasteiger charge is 2.58. The molecule has 1 unspecified atom stereocenters. The molecule has 4 nitrogen and oxygen atoms in total. The molecule has 1 saturated carbocycles. The standard InChI is InChI=1S/C23H26N2O2/c1-14-24-19(15-8-6-5-7-9-15)17-10-11-18-22(2,3)21(27)16(13-26)12-23(18,4)20(17)25-14/h5-9,13,16,18H,10-12H2,1-4H3/t16?,18-,23-/m0/s1. The molecule has 0 radical (unpaired) electrons. The SMILES string of the molecule is Cc1nc(-c2ccccc2)c2c(n1)[C@@]1(C)CC(C=O)C(=O)C(C)(C)[C@@H]1CC2. The second-order valence-electron chi connectivity index (χ2n) is 8.85. The molecule has 4 heteroatoms. The van der Waals surface area contributed by atoms with Gasteiger partial charge in [-0.05, 0) is 32.1 Å². The number of benzene rings is 1. The molecule has 1 heterocycles. The fourth-order valence-corrected chi connectivity index (χ4v) is 5.62. The third-order valence-corrected chi connectivity index (χ3v) is 6.81. The molecule has 1 aromatic carbocycles. The maximum Gasteiger partial charge on any atom is 0.148 e. The molecule has 0 spiro atoms. The van der Waals surface area contributed by atoms with E-state index in [2.05, 4.69) is 19.1 Å². The van der Waals surface area contributed by atoms with Crippen molar-refractivity contribution in [3.05, 3.63) is 47.4 Å². The van der Waals surface area contributed by atoms with Crippen molar-refractivity contribution >= 4 is 12.1 Å². The Bertz CT molecular complexity index is 919. The van der Waals surface area contributed by atoms with Gasteiger partial charge in [0.1, 0.15) is 17.9 Å². The highest BCUT2D eigenvalue weighted by Crippen LogP contribution is 2.57. The van der Waals surface area contributed by atoms with E-state index in [1.807, 2.05) is 39.0 Å². The number of carbonyl (C=O) groups is 2. The van der Waals surface area contributed by atoms with E-state index >= 15 is 0 Å². The van der Waals surface area contributed by atoms with Gasteiger partial charge in [0.15, 0.2) is 0 Å². The Hall–Kier alpha value is -2.36. The average molecular weight is 362 g/mol. The summed E-state index contributed by atoms with van der Waals surface area (Å²) >= 11 is 0. The Morgan fingerprint density at radius 2 is 1.81 bits per heavy atom. The van der Waals surface area contributed by atoms with Crippen molar-refractivity contribution in [2.45, 2.75) is 52.4 Å².